The Hall–Kier alpha value is -2.02. The maximum Gasteiger partial charge on any atom is 0.252 e. The van der Waals surface area contributed by atoms with Crippen LogP contribution in [-0.4, -0.2) is 19.6 Å². The van der Waals surface area contributed by atoms with Crippen LogP contribution < -0.4 is 10.1 Å². The van der Waals surface area contributed by atoms with Gasteiger partial charge in [0.25, 0.3) is 5.91 Å². The fraction of sp³-hybridized carbons (Fsp3) is 0.200. The van der Waals surface area contributed by atoms with Gasteiger partial charge >= 0.3 is 0 Å². The van der Waals surface area contributed by atoms with Crippen LogP contribution in [0.3, 0.4) is 0 Å². The summed E-state index contributed by atoms with van der Waals surface area (Å²) in [6.45, 7) is 0.0187. The molecule has 1 rings (SSSR count). The molecule has 1 amide bonds. The van der Waals surface area contributed by atoms with Crippen molar-refractivity contribution in [2.45, 2.75) is 0 Å². The predicted octanol–water partition coefficient (Wildman–Crippen LogP) is 0.949. The third kappa shape index (κ3) is 2.49. The quantitative estimate of drug-likeness (QED) is 0.722. The highest BCUT2D eigenvalue weighted by Crippen LogP contribution is 2.10. The summed E-state index contributed by atoms with van der Waals surface area (Å²) in [5.41, 5.74) is 0.515. The first-order chi connectivity index (χ1) is 6.77. The number of carbonyl (C=O) groups excluding carboxylic acids is 1. The van der Waals surface area contributed by atoms with Crippen molar-refractivity contribution < 1.29 is 9.53 Å². The standard InChI is InChI=1S/C10H10N2O2/c1-14-9-4-2-8(3-5-9)10(13)12-7-6-11/h2-5H,7H2,1H3,(H,12,13). The van der Waals surface area contributed by atoms with E-state index in [1.165, 1.54) is 0 Å². The Morgan fingerprint density at radius 3 is 2.64 bits per heavy atom. The Bertz CT molecular complexity index is 351. The van der Waals surface area contributed by atoms with Gasteiger partial charge in [0.15, 0.2) is 0 Å². The summed E-state index contributed by atoms with van der Waals surface area (Å²) in [5.74, 6) is 0.441. The van der Waals surface area contributed by atoms with E-state index in [9.17, 15) is 4.79 Å². The Kier molecular flexibility index (Phi) is 3.50. The van der Waals surface area contributed by atoms with Crippen molar-refractivity contribution >= 4 is 5.91 Å². The molecule has 0 unspecified atom stereocenters. The summed E-state index contributed by atoms with van der Waals surface area (Å²) in [6.07, 6.45) is 0. The molecule has 0 heterocycles. The number of carbonyl (C=O) groups is 1. The van der Waals surface area contributed by atoms with Gasteiger partial charge < -0.3 is 10.1 Å². The van der Waals surface area contributed by atoms with E-state index in [0.29, 0.717) is 11.3 Å². The number of nitrogens with one attached hydrogen (secondary N) is 1. The number of rotatable bonds is 3. The third-order valence-corrected chi connectivity index (χ3v) is 1.68. The van der Waals surface area contributed by atoms with Gasteiger partial charge in [-0.2, -0.15) is 5.26 Å². The van der Waals surface area contributed by atoms with E-state index in [2.05, 4.69) is 5.32 Å². The minimum absolute atomic E-state index is 0.0187. The topological polar surface area (TPSA) is 62.1 Å². The zero-order chi connectivity index (χ0) is 10.4. The molecule has 1 N–H and O–H groups in total. The fourth-order valence-electron chi connectivity index (χ4n) is 0.964. The molecule has 0 aromatic heterocycles. The van der Waals surface area contributed by atoms with Gasteiger partial charge in [0.05, 0.1) is 13.2 Å². The van der Waals surface area contributed by atoms with E-state index < -0.39 is 0 Å². The van der Waals surface area contributed by atoms with Crippen LogP contribution in [0, 0.1) is 11.3 Å². The molecule has 0 spiro atoms. The van der Waals surface area contributed by atoms with Crippen LogP contribution in [0.25, 0.3) is 0 Å². The van der Waals surface area contributed by atoms with Gasteiger partial charge in [-0.15, -0.1) is 0 Å². The maximum atomic E-state index is 11.3. The Morgan fingerprint density at radius 1 is 1.50 bits per heavy atom. The SMILES string of the molecule is COc1ccc(C(=O)NCC#N)cc1. The van der Waals surface area contributed by atoms with Crippen molar-refractivity contribution in [2.24, 2.45) is 0 Å². The number of ether oxygens (including phenoxy) is 1. The van der Waals surface area contributed by atoms with Gasteiger partial charge in [0, 0.05) is 5.56 Å². The van der Waals surface area contributed by atoms with Crippen LogP contribution in [0.4, 0.5) is 0 Å². The second-order valence-electron chi connectivity index (χ2n) is 2.57. The maximum absolute atomic E-state index is 11.3. The van der Waals surface area contributed by atoms with Crippen LogP contribution in [0.1, 0.15) is 10.4 Å². The number of benzene rings is 1. The average molecular weight is 190 g/mol. The predicted molar refractivity (Wildman–Crippen MR) is 50.9 cm³/mol. The van der Waals surface area contributed by atoms with Gasteiger partial charge in [0.2, 0.25) is 0 Å². The summed E-state index contributed by atoms with van der Waals surface area (Å²) >= 11 is 0. The molecule has 0 aliphatic heterocycles. The Morgan fingerprint density at radius 2 is 2.14 bits per heavy atom. The van der Waals surface area contributed by atoms with Gasteiger partial charge in [-0.05, 0) is 24.3 Å². The van der Waals surface area contributed by atoms with E-state index in [0.717, 1.165) is 0 Å². The summed E-state index contributed by atoms with van der Waals surface area (Å²) in [6, 6.07) is 8.51. The minimum Gasteiger partial charge on any atom is -0.497 e. The molecule has 0 aliphatic rings. The normalized spacial score (nSPS) is 8.86. The van der Waals surface area contributed by atoms with E-state index >= 15 is 0 Å². The summed E-state index contributed by atoms with van der Waals surface area (Å²) in [5, 5.41) is 10.7. The first-order valence-corrected chi connectivity index (χ1v) is 4.07. The van der Waals surface area contributed by atoms with Crippen LogP contribution in [0.15, 0.2) is 24.3 Å². The van der Waals surface area contributed by atoms with Gasteiger partial charge in [0.1, 0.15) is 12.3 Å². The fourth-order valence-corrected chi connectivity index (χ4v) is 0.964. The lowest BCUT2D eigenvalue weighted by molar-refractivity contribution is 0.0958. The van der Waals surface area contributed by atoms with Crippen LogP contribution in [0.5, 0.6) is 5.75 Å². The molecule has 0 saturated heterocycles. The van der Waals surface area contributed by atoms with Crippen LogP contribution in [-0.2, 0) is 0 Å². The lowest BCUT2D eigenvalue weighted by Crippen LogP contribution is -2.23. The molecule has 72 valence electrons. The summed E-state index contributed by atoms with van der Waals surface area (Å²) < 4.78 is 4.95. The number of amides is 1. The monoisotopic (exact) mass is 190 g/mol. The van der Waals surface area contributed by atoms with Crippen LogP contribution >= 0.6 is 0 Å². The zero-order valence-electron chi connectivity index (χ0n) is 7.78. The molecule has 0 bridgehead atoms. The Balaban J connectivity index is 2.67. The van der Waals surface area contributed by atoms with Gasteiger partial charge in [-0.1, -0.05) is 0 Å². The highest BCUT2D eigenvalue weighted by Gasteiger charge is 2.03. The second kappa shape index (κ2) is 4.87. The lowest BCUT2D eigenvalue weighted by Gasteiger charge is -2.02. The molecule has 0 saturated carbocycles. The van der Waals surface area contributed by atoms with E-state index in [1.54, 1.807) is 31.4 Å². The summed E-state index contributed by atoms with van der Waals surface area (Å²) in [7, 11) is 1.56. The number of nitrogens with zero attached hydrogens (tertiary/aromatic N) is 1. The molecule has 0 aliphatic carbocycles. The highest BCUT2D eigenvalue weighted by atomic mass is 16.5. The van der Waals surface area contributed by atoms with E-state index in [4.69, 9.17) is 10.00 Å². The average Bonchev–Trinajstić information content (AvgIpc) is 2.26. The molecule has 0 atom stereocenters. The van der Waals surface area contributed by atoms with Crippen molar-refractivity contribution in [3.05, 3.63) is 29.8 Å². The smallest absolute Gasteiger partial charge is 0.252 e. The third-order valence-electron chi connectivity index (χ3n) is 1.68. The van der Waals surface area contributed by atoms with E-state index in [1.807, 2.05) is 6.07 Å². The largest absolute Gasteiger partial charge is 0.497 e. The molecule has 4 heteroatoms. The molecular weight excluding hydrogens is 180 g/mol. The molecule has 1 aromatic rings. The number of methoxy groups -OCH3 is 1. The lowest BCUT2D eigenvalue weighted by atomic mass is 10.2. The number of hydrogen-bond acceptors (Lipinski definition) is 3. The van der Waals surface area contributed by atoms with E-state index in [-0.39, 0.29) is 12.5 Å². The number of hydrogen-bond donors (Lipinski definition) is 1. The Labute approximate surface area is 82.1 Å². The zero-order valence-corrected chi connectivity index (χ0v) is 7.78. The summed E-state index contributed by atoms with van der Waals surface area (Å²) in [4.78, 5) is 11.3. The second-order valence-corrected chi connectivity index (χ2v) is 2.57. The molecule has 4 nitrogen and oxygen atoms in total. The first-order valence-electron chi connectivity index (χ1n) is 4.07. The van der Waals surface area contributed by atoms with Crippen molar-refractivity contribution in [3.63, 3.8) is 0 Å². The van der Waals surface area contributed by atoms with Crippen molar-refractivity contribution in [3.8, 4) is 11.8 Å². The molecule has 0 radical (unpaired) electrons. The first kappa shape index (κ1) is 10.1. The van der Waals surface area contributed by atoms with Gasteiger partial charge in [-0.25, -0.2) is 0 Å². The number of nitriles is 1. The molecular formula is C10H10N2O2. The van der Waals surface area contributed by atoms with Crippen LogP contribution in [0.2, 0.25) is 0 Å². The molecule has 1 aromatic carbocycles. The highest BCUT2D eigenvalue weighted by molar-refractivity contribution is 5.94. The van der Waals surface area contributed by atoms with Gasteiger partial charge in [-0.3, -0.25) is 4.79 Å². The minimum atomic E-state index is -0.255. The molecule has 14 heavy (non-hydrogen) atoms. The van der Waals surface area contributed by atoms with Crippen molar-refractivity contribution in [1.29, 1.82) is 5.26 Å². The van der Waals surface area contributed by atoms with Crippen molar-refractivity contribution in [2.75, 3.05) is 13.7 Å². The van der Waals surface area contributed by atoms with Crippen molar-refractivity contribution in [1.82, 2.24) is 5.32 Å². The molecule has 0 fully saturated rings.